The van der Waals surface area contributed by atoms with E-state index in [-0.39, 0.29) is 5.92 Å². The molecule has 1 N–H and O–H groups in total. The SMILES string of the molecule is COC(=O)/C=C/[C@H](c1ccc(C)cc1OC)[C@H](C)O. The number of aryl methyl sites for hydroxylation is 1. The molecule has 2 atom stereocenters. The van der Waals surface area contributed by atoms with Gasteiger partial charge in [-0.1, -0.05) is 18.2 Å². The van der Waals surface area contributed by atoms with E-state index >= 15 is 0 Å². The lowest BCUT2D eigenvalue weighted by Crippen LogP contribution is -2.14. The molecule has 0 fully saturated rings. The van der Waals surface area contributed by atoms with Crippen LogP contribution in [0.1, 0.15) is 24.0 Å². The lowest BCUT2D eigenvalue weighted by atomic mass is 9.92. The number of hydrogen-bond acceptors (Lipinski definition) is 4. The second-order valence-electron chi connectivity index (χ2n) is 4.39. The zero-order chi connectivity index (χ0) is 14.4. The van der Waals surface area contributed by atoms with Crippen molar-refractivity contribution in [3.05, 3.63) is 41.5 Å². The molecule has 4 nitrogen and oxygen atoms in total. The predicted molar refractivity (Wildman–Crippen MR) is 73.3 cm³/mol. The number of aliphatic hydroxyl groups is 1. The van der Waals surface area contributed by atoms with E-state index in [2.05, 4.69) is 4.74 Å². The average Bonchev–Trinajstić information content (AvgIpc) is 2.39. The van der Waals surface area contributed by atoms with Crippen LogP contribution in [-0.2, 0) is 9.53 Å². The molecule has 0 aliphatic heterocycles. The van der Waals surface area contributed by atoms with E-state index in [4.69, 9.17) is 4.74 Å². The maximum Gasteiger partial charge on any atom is 0.330 e. The number of esters is 1. The van der Waals surface area contributed by atoms with E-state index < -0.39 is 12.1 Å². The molecule has 0 saturated heterocycles. The minimum atomic E-state index is -0.641. The molecule has 0 spiro atoms. The Bertz CT molecular complexity index is 463. The largest absolute Gasteiger partial charge is 0.496 e. The highest BCUT2D eigenvalue weighted by atomic mass is 16.5. The molecule has 19 heavy (non-hydrogen) atoms. The van der Waals surface area contributed by atoms with Gasteiger partial charge in [0, 0.05) is 17.6 Å². The van der Waals surface area contributed by atoms with E-state index in [1.165, 1.54) is 13.2 Å². The second kappa shape index (κ2) is 6.95. The molecule has 0 saturated carbocycles. The zero-order valence-corrected chi connectivity index (χ0v) is 11.7. The van der Waals surface area contributed by atoms with Crippen LogP contribution >= 0.6 is 0 Å². The van der Waals surface area contributed by atoms with Gasteiger partial charge < -0.3 is 14.6 Å². The smallest absolute Gasteiger partial charge is 0.330 e. The average molecular weight is 264 g/mol. The molecular formula is C15H20O4. The minimum absolute atomic E-state index is 0.324. The first-order chi connectivity index (χ1) is 8.99. The number of benzene rings is 1. The van der Waals surface area contributed by atoms with E-state index in [0.29, 0.717) is 5.75 Å². The topological polar surface area (TPSA) is 55.8 Å². The maximum atomic E-state index is 11.2. The van der Waals surface area contributed by atoms with Crippen molar-refractivity contribution in [1.82, 2.24) is 0 Å². The van der Waals surface area contributed by atoms with Gasteiger partial charge in [0.2, 0.25) is 0 Å². The molecule has 1 aromatic rings. The van der Waals surface area contributed by atoms with Gasteiger partial charge in [-0.05, 0) is 25.5 Å². The minimum Gasteiger partial charge on any atom is -0.496 e. The molecule has 104 valence electrons. The molecular weight excluding hydrogens is 244 g/mol. The predicted octanol–water partition coefficient (Wildman–Crippen LogP) is 2.20. The summed E-state index contributed by atoms with van der Waals surface area (Å²) in [7, 11) is 2.90. The Morgan fingerprint density at radius 1 is 1.37 bits per heavy atom. The molecule has 0 radical (unpaired) electrons. The number of carbonyl (C=O) groups is 1. The molecule has 0 aromatic heterocycles. The number of rotatable bonds is 5. The van der Waals surface area contributed by atoms with Gasteiger partial charge in [-0.25, -0.2) is 4.79 Å². The van der Waals surface area contributed by atoms with Gasteiger partial charge in [0.25, 0.3) is 0 Å². The summed E-state index contributed by atoms with van der Waals surface area (Å²) in [6, 6.07) is 5.74. The summed E-state index contributed by atoms with van der Waals surface area (Å²) >= 11 is 0. The molecule has 4 heteroatoms. The fourth-order valence-electron chi connectivity index (χ4n) is 1.87. The molecule has 0 unspecified atom stereocenters. The van der Waals surface area contributed by atoms with Crippen LogP contribution in [0.25, 0.3) is 0 Å². The van der Waals surface area contributed by atoms with Crippen LogP contribution in [0, 0.1) is 6.92 Å². The van der Waals surface area contributed by atoms with Gasteiger partial charge in [0.15, 0.2) is 0 Å². The van der Waals surface area contributed by atoms with Crippen molar-refractivity contribution in [2.24, 2.45) is 0 Å². The first-order valence-electron chi connectivity index (χ1n) is 6.08. The van der Waals surface area contributed by atoms with Crippen molar-refractivity contribution < 1.29 is 19.4 Å². The summed E-state index contributed by atoms with van der Waals surface area (Å²) < 4.78 is 9.88. The van der Waals surface area contributed by atoms with Crippen LogP contribution in [0.2, 0.25) is 0 Å². The lowest BCUT2D eigenvalue weighted by molar-refractivity contribution is -0.134. The molecule has 1 aromatic carbocycles. The van der Waals surface area contributed by atoms with Crippen molar-refractivity contribution in [2.45, 2.75) is 25.9 Å². The van der Waals surface area contributed by atoms with Crippen molar-refractivity contribution in [3.8, 4) is 5.75 Å². The Balaban J connectivity index is 3.12. The van der Waals surface area contributed by atoms with Gasteiger partial charge >= 0.3 is 5.97 Å². The number of ether oxygens (including phenoxy) is 2. The Morgan fingerprint density at radius 3 is 2.58 bits per heavy atom. The van der Waals surface area contributed by atoms with E-state index in [1.807, 2.05) is 25.1 Å². The monoisotopic (exact) mass is 264 g/mol. The van der Waals surface area contributed by atoms with Crippen molar-refractivity contribution in [2.75, 3.05) is 14.2 Å². The third-order valence-electron chi connectivity index (χ3n) is 2.91. The first-order valence-corrected chi connectivity index (χ1v) is 6.08. The Hall–Kier alpha value is -1.81. The van der Waals surface area contributed by atoms with Gasteiger partial charge in [0.05, 0.1) is 20.3 Å². The standard InChI is InChI=1S/C15H20O4/c1-10-5-6-13(14(9-10)18-3)12(11(2)16)7-8-15(17)19-4/h5-9,11-12,16H,1-4H3/b8-7+/t11-,12-/m0/s1. The quantitative estimate of drug-likeness (QED) is 0.654. The summed E-state index contributed by atoms with van der Waals surface area (Å²) in [6.45, 7) is 3.64. The second-order valence-corrected chi connectivity index (χ2v) is 4.39. The van der Waals surface area contributed by atoms with Crippen LogP contribution in [0.4, 0.5) is 0 Å². The molecule has 0 heterocycles. The summed E-state index contributed by atoms with van der Waals surface area (Å²) in [4.78, 5) is 11.2. The van der Waals surface area contributed by atoms with E-state index in [0.717, 1.165) is 11.1 Å². The lowest BCUT2D eigenvalue weighted by Gasteiger charge is -2.19. The van der Waals surface area contributed by atoms with Crippen LogP contribution < -0.4 is 4.74 Å². The van der Waals surface area contributed by atoms with Gasteiger partial charge in [-0.2, -0.15) is 0 Å². The molecule has 1 rings (SSSR count). The summed E-state index contributed by atoms with van der Waals surface area (Å²) in [5, 5.41) is 9.88. The van der Waals surface area contributed by atoms with Crippen LogP contribution in [0.5, 0.6) is 5.75 Å². The van der Waals surface area contributed by atoms with Crippen LogP contribution in [0.15, 0.2) is 30.4 Å². The van der Waals surface area contributed by atoms with Crippen molar-refractivity contribution in [3.63, 3.8) is 0 Å². The van der Waals surface area contributed by atoms with Crippen LogP contribution in [-0.4, -0.2) is 31.4 Å². The highest BCUT2D eigenvalue weighted by molar-refractivity contribution is 5.82. The van der Waals surface area contributed by atoms with Gasteiger partial charge in [0.1, 0.15) is 5.75 Å². The first kappa shape index (κ1) is 15.2. The Labute approximate surface area is 113 Å². The number of carbonyl (C=O) groups excluding carboxylic acids is 1. The summed E-state index contributed by atoms with van der Waals surface area (Å²) in [6.07, 6.45) is 2.30. The van der Waals surface area contributed by atoms with Gasteiger partial charge in [-0.3, -0.25) is 0 Å². The fourth-order valence-corrected chi connectivity index (χ4v) is 1.87. The molecule has 0 amide bonds. The Morgan fingerprint density at radius 2 is 2.05 bits per heavy atom. The highest BCUT2D eigenvalue weighted by Crippen LogP contribution is 2.31. The zero-order valence-electron chi connectivity index (χ0n) is 11.7. The maximum absolute atomic E-state index is 11.2. The third-order valence-corrected chi connectivity index (χ3v) is 2.91. The number of hydrogen-bond donors (Lipinski definition) is 1. The van der Waals surface area contributed by atoms with Crippen LogP contribution in [0.3, 0.4) is 0 Å². The van der Waals surface area contributed by atoms with E-state index in [1.54, 1.807) is 20.1 Å². The highest BCUT2D eigenvalue weighted by Gasteiger charge is 2.19. The number of methoxy groups -OCH3 is 2. The normalized spacial score (nSPS) is 14.2. The van der Waals surface area contributed by atoms with Crippen molar-refractivity contribution >= 4 is 5.97 Å². The Kier molecular flexibility index (Phi) is 5.57. The summed E-state index contributed by atoms with van der Waals surface area (Å²) in [5.74, 6) is -0.0770. The summed E-state index contributed by atoms with van der Waals surface area (Å²) in [5.41, 5.74) is 1.91. The number of aliphatic hydroxyl groups excluding tert-OH is 1. The third kappa shape index (κ3) is 4.10. The fraction of sp³-hybridized carbons (Fsp3) is 0.400. The molecule has 0 aliphatic rings. The molecule has 0 aliphatic carbocycles. The van der Waals surface area contributed by atoms with Crippen molar-refractivity contribution in [1.29, 1.82) is 0 Å². The molecule has 0 bridgehead atoms. The van der Waals surface area contributed by atoms with E-state index in [9.17, 15) is 9.90 Å². The van der Waals surface area contributed by atoms with Gasteiger partial charge in [-0.15, -0.1) is 0 Å².